The van der Waals surface area contributed by atoms with E-state index in [2.05, 4.69) is 20.9 Å². The summed E-state index contributed by atoms with van der Waals surface area (Å²) in [5, 5.41) is 2.95. The number of benzene rings is 2. The number of para-hydroxylation sites is 2. The van der Waals surface area contributed by atoms with Gasteiger partial charge < -0.3 is 14.6 Å². The number of hydrogen-bond donors (Lipinski definition) is 1. The molecule has 0 atom stereocenters. The first-order valence-electron chi connectivity index (χ1n) is 9.54. The van der Waals surface area contributed by atoms with Gasteiger partial charge in [-0.2, -0.15) is 0 Å². The molecule has 3 rings (SSSR count). The number of carbonyl (C=O) groups excluding carboxylic acids is 2. The van der Waals surface area contributed by atoms with E-state index in [-0.39, 0.29) is 11.7 Å². The number of Topliss-reactive ketones (excluding diaryl/α,β-unsaturated/α-hetero) is 1. The second-order valence-electron chi connectivity index (χ2n) is 6.66. The summed E-state index contributed by atoms with van der Waals surface area (Å²) in [7, 11) is 0. The van der Waals surface area contributed by atoms with Crippen molar-refractivity contribution in [2.75, 3.05) is 13.2 Å². The van der Waals surface area contributed by atoms with Crippen LogP contribution in [0.15, 0.2) is 54.9 Å². The van der Waals surface area contributed by atoms with Gasteiger partial charge in [-0.25, -0.2) is 4.98 Å². The molecule has 146 valence electrons. The summed E-state index contributed by atoms with van der Waals surface area (Å²) in [6, 6.07) is 15.1. The molecular weight excluding hydrogens is 354 g/mol. The molecular formula is C22H25N3O3. The number of imidazole rings is 1. The molecule has 0 fully saturated rings. The van der Waals surface area contributed by atoms with Crippen molar-refractivity contribution < 1.29 is 14.3 Å². The second-order valence-corrected chi connectivity index (χ2v) is 6.66. The molecule has 0 aliphatic rings. The summed E-state index contributed by atoms with van der Waals surface area (Å²) in [4.78, 5) is 27.5. The largest absolute Gasteiger partial charge is 0.494 e. The molecule has 0 aliphatic carbocycles. The van der Waals surface area contributed by atoms with Crippen LogP contribution in [0.3, 0.4) is 0 Å². The highest BCUT2D eigenvalue weighted by molar-refractivity contribution is 5.94. The number of ether oxygens (including phenoxy) is 1. The Hall–Kier alpha value is -3.15. The number of amides is 1. The van der Waals surface area contributed by atoms with Crippen LogP contribution in [-0.2, 0) is 11.3 Å². The first-order valence-corrected chi connectivity index (χ1v) is 9.54. The van der Waals surface area contributed by atoms with E-state index in [1.165, 1.54) is 6.92 Å². The van der Waals surface area contributed by atoms with Crippen molar-refractivity contribution in [1.82, 2.24) is 14.9 Å². The molecule has 6 heteroatoms. The molecule has 1 aromatic heterocycles. The number of carbonyl (C=O) groups is 2. The van der Waals surface area contributed by atoms with E-state index in [1.54, 1.807) is 24.3 Å². The van der Waals surface area contributed by atoms with Crippen molar-refractivity contribution in [1.29, 1.82) is 0 Å². The molecule has 0 saturated carbocycles. The SMILES string of the molecule is CC(=O)c1ccc(OCCCC(=O)NCCCn2cnc3ccccc32)cc1. The molecule has 1 amide bonds. The molecule has 28 heavy (non-hydrogen) atoms. The fourth-order valence-electron chi connectivity index (χ4n) is 2.96. The smallest absolute Gasteiger partial charge is 0.220 e. The Morgan fingerprint density at radius 1 is 1.07 bits per heavy atom. The van der Waals surface area contributed by atoms with Crippen molar-refractivity contribution >= 4 is 22.7 Å². The molecule has 6 nitrogen and oxygen atoms in total. The van der Waals surface area contributed by atoms with Gasteiger partial charge in [0.15, 0.2) is 5.78 Å². The van der Waals surface area contributed by atoms with E-state index in [0.717, 1.165) is 24.0 Å². The van der Waals surface area contributed by atoms with Gasteiger partial charge in [-0.15, -0.1) is 0 Å². The van der Waals surface area contributed by atoms with Gasteiger partial charge in [-0.1, -0.05) is 12.1 Å². The number of fused-ring (bicyclic) bond motifs is 1. The van der Waals surface area contributed by atoms with Crippen molar-refractivity contribution in [2.45, 2.75) is 32.7 Å². The zero-order chi connectivity index (χ0) is 19.8. The van der Waals surface area contributed by atoms with Crippen LogP contribution in [0.1, 0.15) is 36.5 Å². The monoisotopic (exact) mass is 379 g/mol. The maximum absolute atomic E-state index is 11.9. The molecule has 1 heterocycles. The van der Waals surface area contributed by atoms with Crippen molar-refractivity contribution in [3.63, 3.8) is 0 Å². The number of rotatable bonds is 10. The second kappa shape index (κ2) is 9.69. The van der Waals surface area contributed by atoms with E-state index in [1.807, 2.05) is 24.5 Å². The number of nitrogens with zero attached hydrogens (tertiary/aromatic N) is 2. The Morgan fingerprint density at radius 3 is 2.64 bits per heavy atom. The Kier molecular flexibility index (Phi) is 6.78. The minimum atomic E-state index is 0.0319. The van der Waals surface area contributed by atoms with Crippen LogP contribution < -0.4 is 10.1 Å². The van der Waals surface area contributed by atoms with Crippen LogP contribution in [0.2, 0.25) is 0 Å². The fraction of sp³-hybridized carbons (Fsp3) is 0.318. The third kappa shape index (κ3) is 5.42. The Morgan fingerprint density at radius 2 is 1.86 bits per heavy atom. The van der Waals surface area contributed by atoms with Crippen molar-refractivity contribution in [3.8, 4) is 5.75 Å². The van der Waals surface area contributed by atoms with Crippen LogP contribution >= 0.6 is 0 Å². The van der Waals surface area contributed by atoms with E-state index < -0.39 is 0 Å². The van der Waals surface area contributed by atoms with Gasteiger partial charge in [0.1, 0.15) is 5.75 Å². The summed E-state index contributed by atoms with van der Waals surface area (Å²) >= 11 is 0. The lowest BCUT2D eigenvalue weighted by Crippen LogP contribution is -2.25. The van der Waals surface area contributed by atoms with Gasteiger partial charge in [0, 0.05) is 25.1 Å². The highest BCUT2D eigenvalue weighted by Crippen LogP contribution is 2.13. The molecule has 0 bridgehead atoms. The van der Waals surface area contributed by atoms with Gasteiger partial charge in [0.25, 0.3) is 0 Å². The van der Waals surface area contributed by atoms with Crippen molar-refractivity contribution in [2.24, 2.45) is 0 Å². The van der Waals surface area contributed by atoms with E-state index >= 15 is 0 Å². The molecule has 1 N–H and O–H groups in total. The number of ketones is 1. The number of aromatic nitrogens is 2. The first-order chi connectivity index (χ1) is 13.6. The topological polar surface area (TPSA) is 73.2 Å². The third-order valence-corrected chi connectivity index (χ3v) is 4.50. The molecule has 2 aromatic carbocycles. The lowest BCUT2D eigenvalue weighted by atomic mass is 10.1. The maximum atomic E-state index is 11.9. The van der Waals surface area contributed by atoms with E-state index in [4.69, 9.17) is 4.74 Å². The van der Waals surface area contributed by atoms with Gasteiger partial charge >= 0.3 is 0 Å². The Labute approximate surface area is 164 Å². The third-order valence-electron chi connectivity index (χ3n) is 4.50. The zero-order valence-corrected chi connectivity index (χ0v) is 16.1. The number of aryl methyl sites for hydroxylation is 1. The van der Waals surface area contributed by atoms with Gasteiger partial charge in [-0.05, 0) is 56.2 Å². The summed E-state index contributed by atoms with van der Waals surface area (Å²) in [6.07, 6.45) is 3.77. The normalized spacial score (nSPS) is 10.8. The maximum Gasteiger partial charge on any atom is 0.220 e. The van der Waals surface area contributed by atoms with Crippen LogP contribution in [0.4, 0.5) is 0 Å². The van der Waals surface area contributed by atoms with Crippen LogP contribution in [-0.4, -0.2) is 34.4 Å². The average molecular weight is 379 g/mol. The Balaban J connectivity index is 1.29. The zero-order valence-electron chi connectivity index (χ0n) is 16.1. The van der Waals surface area contributed by atoms with Gasteiger partial charge in [0.05, 0.1) is 24.0 Å². The summed E-state index contributed by atoms with van der Waals surface area (Å²) in [6.45, 7) is 3.46. The molecule has 0 radical (unpaired) electrons. The molecule has 3 aromatic rings. The summed E-state index contributed by atoms with van der Waals surface area (Å²) in [5.74, 6) is 0.772. The predicted molar refractivity (Wildman–Crippen MR) is 109 cm³/mol. The number of hydrogen-bond acceptors (Lipinski definition) is 4. The van der Waals surface area contributed by atoms with Crippen LogP contribution in [0, 0.1) is 0 Å². The highest BCUT2D eigenvalue weighted by Gasteiger charge is 2.04. The molecule has 0 spiro atoms. The first kappa shape index (κ1) is 19.6. The minimum absolute atomic E-state index is 0.0319. The molecule has 0 saturated heterocycles. The minimum Gasteiger partial charge on any atom is -0.494 e. The van der Waals surface area contributed by atoms with Gasteiger partial charge in [0.2, 0.25) is 5.91 Å². The van der Waals surface area contributed by atoms with E-state index in [0.29, 0.717) is 37.3 Å². The number of nitrogens with one attached hydrogen (secondary N) is 1. The molecule has 0 unspecified atom stereocenters. The highest BCUT2D eigenvalue weighted by atomic mass is 16.5. The van der Waals surface area contributed by atoms with Gasteiger partial charge in [-0.3, -0.25) is 9.59 Å². The van der Waals surface area contributed by atoms with Crippen LogP contribution in [0.25, 0.3) is 11.0 Å². The summed E-state index contributed by atoms with van der Waals surface area (Å²) in [5.41, 5.74) is 2.76. The lowest BCUT2D eigenvalue weighted by Gasteiger charge is -2.08. The standard InChI is InChI=1S/C22H25N3O3/c1-17(26)18-9-11-19(12-10-18)28-15-4-8-22(27)23-13-5-14-25-16-24-20-6-2-3-7-21(20)25/h2-3,6-7,9-12,16H,4-5,8,13-15H2,1H3,(H,23,27). The lowest BCUT2D eigenvalue weighted by molar-refractivity contribution is -0.121. The van der Waals surface area contributed by atoms with E-state index in [9.17, 15) is 9.59 Å². The molecule has 0 aliphatic heterocycles. The average Bonchev–Trinajstić information content (AvgIpc) is 3.12. The van der Waals surface area contributed by atoms with Crippen molar-refractivity contribution in [3.05, 3.63) is 60.4 Å². The predicted octanol–water partition coefficient (Wildman–Crippen LogP) is 3.60. The van der Waals surface area contributed by atoms with Crippen LogP contribution in [0.5, 0.6) is 5.75 Å². The fourth-order valence-corrected chi connectivity index (χ4v) is 2.96. The quantitative estimate of drug-likeness (QED) is 0.431. The Bertz CT molecular complexity index is 932. The summed E-state index contributed by atoms with van der Waals surface area (Å²) < 4.78 is 7.71.